The van der Waals surface area contributed by atoms with E-state index in [1.807, 2.05) is 0 Å². The number of H-pyrrole nitrogens is 1. The molecule has 0 radical (unpaired) electrons. The molecule has 2 atom stereocenters. The maximum absolute atomic E-state index is 15.3. The highest BCUT2D eigenvalue weighted by molar-refractivity contribution is 6.04. The number of carbonyl (C=O) groups excluding carboxylic acids is 1. The number of amides is 1. The molecule has 1 saturated heterocycles. The number of aromatic nitrogens is 4. The summed E-state index contributed by atoms with van der Waals surface area (Å²) in [6.07, 6.45) is 7.81. The largest absolute Gasteiger partial charge is 0.345 e. The van der Waals surface area contributed by atoms with Crippen LogP contribution in [0.1, 0.15) is 24.4 Å². The van der Waals surface area contributed by atoms with Gasteiger partial charge >= 0.3 is 0 Å². The van der Waals surface area contributed by atoms with E-state index in [9.17, 15) is 4.79 Å². The summed E-state index contributed by atoms with van der Waals surface area (Å²) in [5, 5.41) is 0. The zero-order chi connectivity index (χ0) is 21.1. The normalized spacial score (nSPS) is 20.8. The van der Waals surface area contributed by atoms with E-state index in [0.29, 0.717) is 16.9 Å². The molecule has 1 unspecified atom stereocenters. The lowest BCUT2D eigenvalue weighted by Gasteiger charge is -2.48. The first-order valence-electron chi connectivity index (χ1n) is 10.1. The van der Waals surface area contributed by atoms with E-state index in [-0.39, 0.29) is 17.4 Å². The van der Waals surface area contributed by atoms with Crippen LogP contribution in [0.4, 0.5) is 14.5 Å². The number of β-lactam (4-membered cyclic amide) rings is 1. The average molecular weight is 417 g/mol. The molecule has 2 fully saturated rings. The minimum Gasteiger partial charge on any atom is -0.345 e. The van der Waals surface area contributed by atoms with Crippen LogP contribution in [0.25, 0.3) is 22.3 Å². The summed E-state index contributed by atoms with van der Waals surface area (Å²) in [4.78, 5) is 29.8. The summed E-state index contributed by atoms with van der Waals surface area (Å²) in [5.74, 6) is -1.71. The molecular weight excluding hydrogens is 400 g/mol. The number of fused-ring (bicyclic) bond motifs is 1. The van der Waals surface area contributed by atoms with E-state index < -0.39 is 23.6 Å². The summed E-state index contributed by atoms with van der Waals surface area (Å²) >= 11 is 0. The molecule has 2 aliphatic rings. The van der Waals surface area contributed by atoms with Crippen LogP contribution in [-0.2, 0) is 4.79 Å². The van der Waals surface area contributed by atoms with Gasteiger partial charge in [0.05, 0.1) is 41.2 Å². The first-order chi connectivity index (χ1) is 15.1. The van der Waals surface area contributed by atoms with E-state index in [2.05, 4.69) is 19.9 Å². The molecule has 154 valence electrons. The van der Waals surface area contributed by atoms with E-state index in [1.165, 1.54) is 35.6 Å². The Morgan fingerprint density at radius 2 is 1.84 bits per heavy atom. The van der Waals surface area contributed by atoms with Crippen molar-refractivity contribution in [2.75, 3.05) is 4.90 Å². The van der Waals surface area contributed by atoms with Gasteiger partial charge in [-0.25, -0.2) is 13.8 Å². The Labute approximate surface area is 176 Å². The zero-order valence-corrected chi connectivity index (χ0v) is 16.3. The van der Waals surface area contributed by atoms with Gasteiger partial charge in [0.1, 0.15) is 11.6 Å². The van der Waals surface area contributed by atoms with Gasteiger partial charge in [0.2, 0.25) is 5.91 Å². The highest BCUT2D eigenvalue weighted by Gasteiger charge is 2.56. The summed E-state index contributed by atoms with van der Waals surface area (Å²) in [5.41, 5.74) is 2.74. The minimum absolute atomic E-state index is 0.0751. The minimum atomic E-state index is -0.684. The van der Waals surface area contributed by atoms with Crippen molar-refractivity contribution in [3.05, 3.63) is 72.4 Å². The second kappa shape index (κ2) is 6.66. The van der Waals surface area contributed by atoms with Crippen molar-refractivity contribution in [2.45, 2.75) is 18.9 Å². The van der Waals surface area contributed by atoms with Crippen molar-refractivity contribution in [1.29, 1.82) is 0 Å². The number of rotatable bonds is 4. The fraction of sp³-hybridized carbons (Fsp3) is 0.217. The van der Waals surface area contributed by atoms with Crippen molar-refractivity contribution in [2.24, 2.45) is 11.8 Å². The number of nitrogens with one attached hydrogen (secondary N) is 1. The molecule has 4 aromatic rings. The molecule has 8 heteroatoms. The topological polar surface area (TPSA) is 74.8 Å². The Morgan fingerprint density at radius 1 is 1.03 bits per heavy atom. The second-order valence-electron chi connectivity index (χ2n) is 8.06. The first-order valence-corrected chi connectivity index (χ1v) is 10.1. The van der Waals surface area contributed by atoms with Crippen LogP contribution in [-0.4, -0.2) is 25.8 Å². The van der Waals surface area contributed by atoms with Crippen LogP contribution in [0.15, 0.2) is 55.2 Å². The van der Waals surface area contributed by atoms with Gasteiger partial charge in [-0.15, -0.1) is 0 Å². The third kappa shape index (κ3) is 2.82. The smallest absolute Gasteiger partial charge is 0.233 e. The second-order valence-corrected chi connectivity index (χ2v) is 8.06. The number of hydrogen-bond donors (Lipinski definition) is 1. The molecule has 0 bridgehead atoms. The molecule has 2 aromatic heterocycles. The van der Waals surface area contributed by atoms with Gasteiger partial charge < -0.3 is 9.88 Å². The maximum atomic E-state index is 15.3. The molecule has 1 aliphatic heterocycles. The predicted octanol–water partition coefficient (Wildman–Crippen LogP) is 4.41. The molecule has 1 aliphatic carbocycles. The highest BCUT2D eigenvalue weighted by atomic mass is 19.1. The summed E-state index contributed by atoms with van der Waals surface area (Å²) < 4.78 is 30.6. The van der Waals surface area contributed by atoms with Crippen molar-refractivity contribution in [3.63, 3.8) is 0 Å². The molecule has 3 heterocycles. The number of anilines is 1. The third-order valence-electron chi connectivity index (χ3n) is 6.19. The molecule has 1 N–H and O–H groups in total. The van der Waals surface area contributed by atoms with Crippen molar-refractivity contribution >= 4 is 22.6 Å². The Balaban J connectivity index is 1.45. The van der Waals surface area contributed by atoms with Crippen LogP contribution in [0.2, 0.25) is 0 Å². The number of nitrogens with zero attached hydrogens (tertiary/aromatic N) is 4. The SMILES string of the molecule is O=C1C(C2CC2)[C@@H](c2c(F)cc(-c3cnccn3)cc2F)N1c1ccc2nc[nH]c2c1. The number of hydrogen-bond acceptors (Lipinski definition) is 4. The Morgan fingerprint density at radius 3 is 2.55 bits per heavy atom. The molecule has 1 amide bonds. The molecule has 31 heavy (non-hydrogen) atoms. The van der Waals surface area contributed by atoms with Crippen LogP contribution in [0.5, 0.6) is 0 Å². The number of benzene rings is 2. The number of aromatic amines is 1. The van der Waals surface area contributed by atoms with Crippen molar-refractivity contribution in [3.8, 4) is 11.3 Å². The number of carbonyl (C=O) groups is 1. The van der Waals surface area contributed by atoms with Gasteiger partial charge in [-0.1, -0.05) is 0 Å². The Bertz CT molecular complexity index is 1300. The van der Waals surface area contributed by atoms with Gasteiger partial charge in [-0.05, 0) is 49.1 Å². The summed E-state index contributed by atoms with van der Waals surface area (Å²) in [6.45, 7) is 0. The van der Waals surface area contributed by atoms with Gasteiger partial charge in [-0.2, -0.15) is 0 Å². The van der Waals surface area contributed by atoms with E-state index in [4.69, 9.17) is 0 Å². The van der Waals surface area contributed by atoms with Gasteiger partial charge in [-0.3, -0.25) is 14.8 Å². The zero-order valence-electron chi connectivity index (χ0n) is 16.3. The lowest BCUT2D eigenvalue weighted by atomic mass is 9.78. The number of halogens is 2. The standard InChI is InChI=1S/C23H17F2N5O/c24-15-7-13(19-10-26-5-6-27-19)8-16(25)21(15)22-20(12-1-2-12)23(31)30(22)14-3-4-17-18(9-14)29-11-28-17/h3-12,20,22H,1-2H2,(H,28,29)/t20?,22-/m0/s1. The molecule has 0 spiro atoms. The Kier molecular flexibility index (Phi) is 3.89. The Hall–Kier alpha value is -3.68. The predicted molar refractivity (Wildman–Crippen MR) is 110 cm³/mol. The lowest BCUT2D eigenvalue weighted by Crippen LogP contribution is -2.56. The van der Waals surface area contributed by atoms with E-state index in [1.54, 1.807) is 24.5 Å². The molecular formula is C23H17F2N5O. The lowest BCUT2D eigenvalue weighted by molar-refractivity contribution is -0.131. The quantitative estimate of drug-likeness (QED) is 0.499. The van der Waals surface area contributed by atoms with Gasteiger partial charge in [0, 0.05) is 29.2 Å². The fourth-order valence-corrected chi connectivity index (χ4v) is 4.56. The summed E-state index contributed by atoms with van der Waals surface area (Å²) in [6, 6.07) is 7.20. The van der Waals surface area contributed by atoms with Crippen molar-refractivity contribution < 1.29 is 13.6 Å². The van der Waals surface area contributed by atoms with Crippen LogP contribution in [0, 0.1) is 23.5 Å². The first kappa shape index (κ1) is 18.1. The van der Waals surface area contributed by atoms with Gasteiger partial charge in [0.25, 0.3) is 0 Å². The van der Waals surface area contributed by atoms with Gasteiger partial charge in [0.15, 0.2) is 0 Å². The fourth-order valence-electron chi connectivity index (χ4n) is 4.56. The maximum Gasteiger partial charge on any atom is 0.233 e. The third-order valence-corrected chi connectivity index (χ3v) is 6.19. The molecule has 1 saturated carbocycles. The highest BCUT2D eigenvalue weighted by Crippen LogP contribution is 2.55. The average Bonchev–Trinajstić information content (AvgIpc) is 3.48. The monoisotopic (exact) mass is 417 g/mol. The van der Waals surface area contributed by atoms with Crippen molar-refractivity contribution in [1.82, 2.24) is 19.9 Å². The van der Waals surface area contributed by atoms with Crippen LogP contribution < -0.4 is 4.90 Å². The molecule has 2 aromatic carbocycles. The number of imidazole rings is 1. The van der Waals surface area contributed by atoms with Crippen LogP contribution in [0.3, 0.4) is 0 Å². The van der Waals surface area contributed by atoms with E-state index in [0.717, 1.165) is 23.9 Å². The summed E-state index contributed by atoms with van der Waals surface area (Å²) in [7, 11) is 0. The molecule has 6 rings (SSSR count). The van der Waals surface area contributed by atoms with Crippen LogP contribution >= 0.6 is 0 Å². The molecule has 6 nitrogen and oxygen atoms in total. The van der Waals surface area contributed by atoms with E-state index >= 15 is 8.78 Å².